The highest BCUT2D eigenvalue weighted by Gasteiger charge is 2.15. The standard InChI is InChI=1S/C18H15BrN4OS2/c1-22(10-12-6-8-13(19)9-7-12)16(24)11-25-17-20-21-18-23(17)14-4-2-3-5-15(14)26-18/h2-9H,10-11H2,1H3. The molecular formula is C18H15BrN4OS2. The Bertz CT molecular complexity index is 1070. The molecule has 0 unspecified atom stereocenters. The van der Waals surface area contributed by atoms with Gasteiger partial charge in [0.2, 0.25) is 10.9 Å². The van der Waals surface area contributed by atoms with Crippen molar-refractivity contribution in [1.82, 2.24) is 19.5 Å². The summed E-state index contributed by atoms with van der Waals surface area (Å²) in [6, 6.07) is 16.1. The number of hydrogen-bond donors (Lipinski definition) is 0. The van der Waals surface area contributed by atoms with Gasteiger partial charge in [-0.3, -0.25) is 9.20 Å². The molecular weight excluding hydrogens is 432 g/mol. The van der Waals surface area contributed by atoms with Gasteiger partial charge in [-0.1, -0.05) is 63.3 Å². The van der Waals surface area contributed by atoms with Crippen LogP contribution in [0.1, 0.15) is 5.56 Å². The molecule has 0 bridgehead atoms. The Morgan fingerprint density at radius 3 is 2.77 bits per heavy atom. The Morgan fingerprint density at radius 1 is 1.19 bits per heavy atom. The Kier molecular flexibility index (Phi) is 4.97. The SMILES string of the molecule is CN(Cc1ccc(Br)cc1)C(=O)CSc1nnc2sc3ccccc3n12. The number of thioether (sulfide) groups is 1. The van der Waals surface area contributed by atoms with E-state index in [2.05, 4.69) is 32.2 Å². The number of rotatable bonds is 5. The van der Waals surface area contributed by atoms with Crippen LogP contribution in [0, 0.1) is 0 Å². The van der Waals surface area contributed by atoms with E-state index in [9.17, 15) is 4.79 Å². The molecule has 2 aromatic carbocycles. The lowest BCUT2D eigenvalue weighted by Crippen LogP contribution is -2.27. The van der Waals surface area contributed by atoms with E-state index in [1.54, 1.807) is 16.2 Å². The van der Waals surface area contributed by atoms with Gasteiger partial charge in [0.15, 0.2) is 5.16 Å². The minimum atomic E-state index is 0.0641. The zero-order valence-corrected chi connectivity index (χ0v) is 17.1. The molecule has 0 atom stereocenters. The van der Waals surface area contributed by atoms with Crippen LogP contribution in [0.4, 0.5) is 0 Å². The minimum Gasteiger partial charge on any atom is -0.341 e. The number of halogens is 1. The summed E-state index contributed by atoms with van der Waals surface area (Å²) in [7, 11) is 1.82. The van der Waals surface area contributed by atoms with Crippen LogP contribution in [0.2, 0.25) is 0 Å². The molecule has 8 heteroatoms. The maximum absolute atomic E-state index is 12.5. The monoisotopic (exact) mass is 446 g/mol. The second-order valence-corrected chi connectivity index (χ2v) is 8.70. The van der Waals surface area contributed by atoms with Gasteiger partial charge in [-0.05, 0) is 29.8 Å². The van der Waals surface area contributed by atoms with Crippen LogP contribution in [-0.2, 0) is 11.3 Å². The summed E-state index contributed by atoms with van der Waals surface area (Å²) < 4.78 is 4.22. The second kappa shape index (κ2) is 7.38. The third kappa shape index (κ3) is 3.49. The van der Waals surface area contributed by atoms with Crippen molar-refractivity contribution in [1.29, 1.82) is 0 Å². The summed E-state index contributed by atoms with van der Waals surface area (Å²) in [5.41, 5.74) is 2.18. The highest BCUT2D eigenvalue weighted by Crippen LogP contribution is 2.29. The molecule has 0 fully saturated rings. The number of hydrogen-bond acceptors (Lipinski definition) is 5. The zero-order valence-electron chi connectivity index (χ0n) is 13.9. The van der Waals surface area contributed by atoms with Gasteiger partial charge in [-0.15, -0.1) is 10.2 Å². The number of nitrogens with zero attached hydrogens (tertiary/aromatic N) is 4. The Balaban J connectivity index is 1.45. The lowest BCUT2D eigenvalue weighted by molar-refractivity contribution is -0.127. The molecule has 4 aromatic rings. The molecule has 2 aromatic heterocycles. The van der Waals surface area contributed by atoms with Gasteiger partial charge < -0.3 is 4.90 Å². The van der Waals surface area contributed by atoms with E-state index in [-0.39, 0.29) is 5.91 Å². The van der Waals surface area contributed by atoms with Crippen LogP contribution in [0.25, 0.3) is 15.2 Å². The topological polar surface area (TPSA) is 50.5 Å². The predicted octanol–water partition coefficient (Wildman–Crippen LogP) is 4.46. The average molecular weight is 447 g/mol. The fourth-order valence-electron chi connectivity index (χ4n) is 2.64. The van der Waals surface area contributed by atoms with E-state index in [1.807, 2.05) is 53.9 Å². The number of carbonyl (C=O) groups excluding carboxylic acids is 1. The maximum atomic E-state index is 12.5. The maximum Gasteiger partial charge on any atom is 0.233 e. The number of fused-ring (bicyclic) bond motifs is 3. The summed E-state index contributed by atoms with van der Waals surface area (Å²) in [5, 5.41) is 9.23. The number of carbonyl (C=O) groups is 1. The van der Waals surface area contributed by atoms with Gasteiger partial charge in [0.1, 0.15) is 0 Å². The first-order valence-electron chi connectivity index (χ1n) is 7.96. The highest BCUT2D eigenvalue weighted by atomic mass is 79.9. The first kappa shape index (κ1) is 17.5. The number of benzene rings is 2. The molecule has 1 amide bonds. The van der Waals surface area contributed by atoms with Gasteiger partial charge in [-0.25, -0.2) is 0 Å². The highest BCUT2D eigenvalue weighted by molar-refractivity contribution is 9.10. The van der Waals surface area contributed by atoms with Crippen LogP contribution >= 0.6 is 39.0 Å². The molecule has 0 spiro atoms. The van der Waals surface area contributed by atoms with E-state index in [4.69, 9.17) is 0 Å². The first-order valence-corrected chi connectivity index (χ1v) is 10.6. The lowest BCUT2D eigenvalue weighted by atomic mass is 10.2. The molecule has 132 valence electrons. The average Bonchev–Trinajstić information content (AvgIpc) is 3.20. The fourth-order valence-corrected chi connectivity index (χ4v) is 4.81. The van der Waals surface area contributed by atoms with E-state index < -0.39 is 0 Å². The molecule has 0 radical (unpaired) electrons. The van der Waals surface area contributed by atoms with Crippen LogP contribution in [0.5, 0.6) is 0 Å². The predicted molar refractivity (Wildman–Crippen MR) is 110 cm³/mol. The van der Waals surface area contributed by atoms with Crippen molar-refractivity contribution in [2.45, 2.75) is 11.7 Å². The number of amides is 1. The molecule has 0 saturated heterocycles. The Labute approximate surface area is 167 Å². The fraction of sp³-hybridized carbons (Fsp3) is 0.167. The Morgan fingerprint density at radius 2 is 1.96 bits per heavy atom. The minimum absolute atomic E-state index is 0.0641. The van der Waals surface area contributed by atoms with Gasteiger partial charge in [0.25, 0.3) is 0 Å². The molecule has 0 N–H and O–H groups in total. The molecule has 5 nitrogen and oxygen atoms in total. The number of thiazole rings is 1. The third-order valence-electron chi connectivity index (χ3n) is 3.99. The second-order valence-electron chi connectivity index (χ2n) is 5.84. The number of aromatic nitrogens is 3. The summed E-state index contributed by atoms with van der Waals surface area (Å²) in [6.07, 6.45) is 0. The zero-order chi connectivity index (χ0) is 18.1. The van der Waals surface area contributed by atoms with Crippen LogP contribution in [0.3, 0.4) is 0 Å². The molecule has 0 saturated carbocycles. The molecule has 2 heterocycles. The van der Waals surface area contributed by atoms with Crippen molar-refractivity contribution in [2.75, 3.05) is 12.8 Å². The van der Waals surface area contributed by atoms with Gasteiger partial charge in [0.05, 0.1) is 16.0 Å². The summed E-state index contributed by atoms with van der Waals surface area (Å²) >= 11 is 6.45. The molecule has 0 aliphatic heterocycles. The van der Waals surface area contributed by atoms with E-state index in [1.165, 1.54) is 11.8 Å². The van der Waals surface area contributed by atoms with Crippen molar-refractivity contribution < 1.29 is 4.79 Å². The van der Waals surface area contributed by atoms with Gasteiger partial charge in [-0.2, -0.15) is 0 Å². The smallest absolute Gasteiger partial charge is 0.233 e. The molecule has 4 rings (SSSR count). The van der Waals surface area contributed by atoms with Gasteiger partial charge >= 0.3 is 0 Å². The van der Waals surface area contributed by atoms with Crippen molar-refractivity contribution >= 4 is 60.1 Å². The van der Waals surface area contributed by atoms with Crippen LogP contribution in [0.15, 0.2) is 58.2 Å². The number of para-hydroxylation sites is 1. The quantitative estimate of drug-likeness (QED) is 0.424. The summed E-state index contributed by atoms with van der Waals surface area (Å²) in [6.45, 7) is 0.587. The van der Waals surface area contributed by atoms with Crippen molar-refractivity contribution in [3.63, 3.8) is 0 Å². The summed E-state index contributed by atoms with van der Waals surface area (Å²) in [5.74, 6) is 0.395. The first-order chi connectivity index (χ1) is 12.6. The summed E-state index contributed by atoms with van der Waals surface area (Å²) in [4.78, 5) is 15.1. The van der Waals surface area contributed by atoms with Crippen molar-refractivity contribution in [3.05, 3.63) is 58.6 Å². The third-order valence-corrected chi connectivity index (χ3v) is 6.45. The van der Waals surface area contributed by atoms with Crippen molar-refractivity contribution in [2.24, 2.45) is 0 Å². The normalized spacial score (nSPS) is 11.3. The van der Waals surface area contributed by atoms with Crippen LogP contribution < -0.4 is 0 Å². The largest absolute Gasteiger partial charge is 0.341 e. The van der Waals surface area contributed by atoms with E-state index in [0.717, 1.165) is 30.4 Å². The van der Waals surface area contributed by atoms with E-state index in [0.29, 0.717) is 12.3 Å². The molecule has 26 heavy (non-hydrogen) atoms. The van der Waals surface area contributed by atoms with Gasteiger partial charge in [0, 0.05) is 18.1 Å². The van der Waals surface area contributed by atoms with E-state index >= 15 is 0 Å². The van der Waals surface area contributed by atoms with Crippen LogP contribution in [-0.4, -0.2) is 38.2 Å². The molecule has 0 aliphatic carbocycles. The molecule has 0 aliphatic rings. The Hall–Kier alpha value is -1.90. The van der Waals surface area contributed by atoms with Crippen molar-refractivity contribution in [3.8, 4) is 0 Å². The lowest BCUT2D eigenvalue weighted by Gasteiger charge is -2.16.